The summed E-state index contributed by atoms with van der Waals surface area (Å²) in [5, 5.41) is 9.12. The summed E-state index contributed by atoms with van der Waals surface area (Å²) in [6.07, 6.45) is 4.11. The molecule has 0 atom stereocenters. The van der Waals surface area contributed by atoms with Crippen molar-refractivity contribution in [3.63, 3.8) is 0 Å². The fourth-order valence-electron chi connectivity index (χ4n) is 3.81. The summed E-state index contributed by atoms with van der Waals surface area (Å²) in [5.41, 5.74) is 5.69. The molecular weight excluding hydrogens is 338 g/mol. The normalized spacial score (nSPS) is 14.1. The number of benzene rings is 1. The van der Waals surface area contributed by atoms with Crippen molar-refractivity contribution in [1.82, 2.24) is 24.5 Å². The zero-order valence-corrected chi connectivity index (χ0v) is 15.9. The molecule has 2 aromatic heterocycles. The van der Waals surface area contributed by atoms with Crippen LogP contribution in [0.25, 0.3) is 11.3 Å². The van der Waals surface area contributed by atoms with Crippen molar-refractivity contribution < 1.29 is 4.79 Å². The van der Waals surface area contributed by atoms with Gasteiger partial charge < -0.3 is 4.90 Å². The van der Waals surface area contributed by atoms with Gasteiger partial charge in [0.05, 0.1) is 11.4 Å². The SMILES string of the molecule is Cc1ccn(CCC(=O)N2CCc3c(-c4ccccc4)nn(C)c3CC2)n1. The Morgan fingerprint density at radius 2 is 1.85 bits per heavy atom. The Kier molecular flexibility index (Phi) is 4.79. The van der Waals surface area contributed by atoms with Gasteiger partial charge in [-0.05, 0) is 19.4 Å². The van der Waals surface area contributed by atoms with E-state index < -0.39 is 0 Å². The Morgan fingerprint density at radius 3 is 2.59 bits per heavy atom. The molecule has 0 fully saturated rings. The highest BCUT2D eigenvalue weighted by atomic mass is 16.2. The van der Waals surface area contributed by atoms with Crippen LogP contribution in [0, 0.1) is 6.92 Å². The van der Waals surface area contributed by atoms with Crippen LogP contribution in [0.3, 0.4) is 0 Å². The van der Waals surface area contributed by atoms with Crippen LogP contribution in [-0.4, -0.2) is 43.5 Å². The molecule has 0 unspecified atom stereocenters. The largest absolute Gasteiger partial charge is 0.342 e. The maximum Gasteiger partial charge on any atom is 0.224 e. The third-order valence-corrected chi connectivity index (χ3v) is 5.25. The van der Waals surface area contributed by atoms with E-state index in [2.05, 4.69) is 17.2 Å². The molecule has 0 saturated heterocycles. The molecule has 0 spiro atoms. The molecule has 1 aliphatic heterocycles. The van der Waals surface area contributed by atoms with Crippen molar-refractivity contribution in [1.29, 1.82) is 0 Å². The van der Waals surface area contributed by atoms with Crippen molar-refractivity contribution in [3.8, 4) is 11.3 Å². The van der Waals surface area contributed by atoms with Gasteiger partial charge in [-0.1, -0.05) is 30.3 Å². The molecule has 1 amide bonds. The van der Waals surface area contributed by atoms with Gasteiger partial charge in [0.1, 0.15) is 0 Å². The topological polar surface area (TPSA) is 56.0 Å². The summed E-state index contributed by atoms with van der Waals surface area (Å²) in [5.74, 6) is 0.199. The maximum absolute atomic E-state index is 12.7. The van der Waals surface area contributed by atoms with E-state index in [1.54, 1.807) is 0 Å². The van der Waals surface area contributed by atoms with Gasteiger partial charge >= 0.3 is 0 Å². The molecule has 1 aliphatic rings. The molecular formula is C21H25N5O. The van der Waals surface area contributed by atoms with E-state index in [4.69, 9.17) is 5.10 Å². The number of aromatic nitrogens is 4. The van der Waals surface area contributed by atoms with Crippen LogP contribution >= 0.6 is 0 Å². The van der Waals surface area contributed by atoms with E-state index in [1.807, 2.05) is 58.7 Å². The number of fused-ring (bicyclic) bond motifs is 1. The molecule has 3 heterocycles. The molecule has 6 heteroatoms. The molecule has 0 aliphatic carbocycles. The van der Waals surface area contributed by atoms with Crippen LogP contribution in [0.5, 0.6) is 0 Å². The van der Waals surface area contributed by atoms with Gasteiger partial charge in [-0.25, -0.2) is 0 Å². The van der Waals surface area contributed by atoms with Crippen molar-refractivity contribution in [2.24, 2.45) is 7.05 Å². The van der Waals surface area contributed by atoms with Crippen LogP contribution in [0.15, 0.2) is 42.6 Å². The van der Waals surface area contributed by atoms with Crippen molar-refractivity contribution in [2.75, 3.05) is 13.1 Å². The lowest BCUT2D eigenvalue weighted by molar-refractivity contribution is -0.131. The third-order valence-electron chi connectivity index (χ3n) is 5.25. The summed E-state index contributed by atoms with van der Waals surface area (Å²) in [4.78, 5) is 14.7. The average molecular weight is 363 g/mol. The summed E-state index contributed by atoms with van der Waals surface area (Å²) >= 11 is 0. The van der Waals surface area contributed by atoms with Gasteiger partial charge in [-0.15, -0.1) is 0 Å². The number of amides is 1. The minimum Gasteiger partial charge on any atom is -0.342 e. The number of carbonyl (C=O) groups is 1. The fraction of sp³-hybridized carbons (Fsp3) is 0.381. The maximum atomic E-state index is 12.7. The predicted octanol–water partition coefficient (Wildman–Crippen LogP) is 2.61. The van der Waals surface area contributed by atoms with Gasteiger partial charge in [0, 0.05) is 62.5 Å². The number of hydrogen-bond donors (Lipinski definition) is 0. The Hall–Kier alpha value is -2.89. The lowest BCUT2D eigenvalue weighted by Crippen LogP contribution is -2.34. The minimum atomic E-state index is 0.199. The van der Waals surface area contributed by atoms with Crippen molar-refractivity contribution in [3.05, 3.63) is 59.5 Å². The van der Waals surface area contributed by atoms with Crippen LogP contribution < -0.4 is 0 Å². The number of nitrogens with zero attached hydrogens (tertiary/aromatic N) is 5. The standard InChI is InChI=1S/C21H25N5O/c1-16-8-14-26(22-16)15-11-20(27)25-12-9-18-19(10-13-25)24(2)23-21(18)17-6-4-3-5-7-17/h3-8,14H,9-13,15H2,1-2H3. The average Bonchev–Trinajstić information content (AvgIpc) is 3.15. The number of hydrogen-bond acceptors (Lipinski definition) is 3. The van der Waals surface area contributed by atoms with Gasteiger partial charge in [-0.2, -0.15) is 10.2 Å². The first-order valence-electron chi connectivity index (χ1n) is 9.50. The molecule has 27 heavy (non-hydrogen) atoms. The predicted molar refractivity (Wildman–Crippen MR) is 104 cm³/mol. The van der Waals surface area contributed by atoms with Crippen LogP contribution in [0.2, 0.25) is 0 Å². The zero-order chi connectivity index (χ0) is 18.8. The highest BCUT2D eigenvalue weighted by Gasteiger charge is 2.24. The number of rotatable bonds is 4. The van der Waals surface area contributed by atoms with Crippen LogP contribution in [0.4, 0.5) is 0 Å². The Balaban J connectivity index is 1.46. The summed E-state index contributed by atoms with van der Waals surface area (Å²) in [6, 6.07) is 12.3. The van der Waals surface area contributed by atoms with E-state index in [1.165, 1.54) is 11.3 Å². The Morgan fingerprint density at radius 1 is 1.07 bits per heavy atom. The van der Waals surface area contributed by atoms with Gasteiger partial charge in [0.25, 0.3) is 0 Å². The summed E-state index contributed by atoms with van der Waals surface area (Å²) < 4.78 is 3.83. The molecule has 0 saturated carbocycles. The van der Waals surface area contributed by atoms with Crippen LogP contribution in [-0.2, 0) is 31.2 Å². The lowest BCUT2D eigenvalue weighted by Gasteiger charge is -2.20. The van der Waals surface area contributed by atoms with E-state index in [9.17, 15) is 4.79 Å². The summed E-state index contributed by atoms with van der Waals surface area (Å²) in [7, 11) is 2.00. The second-order valence-corrected chi connectivity index (χ2v) is 7.11. The minimum absolute atomic E-state index is 0.199. The first-order valence-corrected chi connectivity index (χ1v) is 9.50. The van der Waals surface area contributed by atoms with Gasteiger partial charge in [0.2, 0.25) is 5.91 Å². The summed E-state index contributed by atoms with van der Waals surface area (Å²) in [6.45, 7) is 4.09. The monoisotopic (exact) mass is 363 g/mol. The molecule has 1 aromatic carbocycles. The lowest BCUT2D eigenvalue weighted by atomic mass is 10.0. The molecule has 0 bridgehead atoms. The quantitative estimate of drug-likeness (QED) is 0.716. The van der Waals surface area contributed by atoms with E-state index >= 15 is 0 Å². The second kappa shape index (κ2) is 7.39. The molecule has 3 aromatic rings. The number of carbonyl (C=O) groups excluding carboxylic acids is 1. The van der Waals surface area contributed by atoms with E-state index in [0.29, 0.717) is 13.0 Å². The second-order valence-electron chi connectivity index (χ2n) is 7.11. The highest BCUT2D eigenvalue weighted by molar-refractivity contribution is 5.76. The van der Waals surface area contributed by atoms with Crippen LogP contribution in [0.1, 0.15) is 23.4 Å². The molecule has 0 N–H and O–H groups in total. The smallest absolute Gasteiger partial charge is 0.224 e. The highest BCUT2D eigenvalue weighted by Crippen LogP contribution is 2.28. The van der Waals surface area contributed by atoms with Gasteiger partial charge in [0.15, 0.2) is 0 Å². The first kappa shape index (κ1) is 17.5. The third kappa shape index (κ3) is 3.65. The Bertz CT molecular complexity index is 941. The van der Waals surface area contributed by atoms with E-state index in [0.717, 1.165) is 42.9 Å². The fourth-order valence-corrected chi connectivity index (χ4v) is 3.81. The molecule has 140 valence electrons. The Labute approximate surface area is 159 Å². The molecule has 0 radical (unpaired) electrons. The zero-order valence-electron chi connectivity index (χ0n) is 15.9. The molecule has 6 nitrogen and oxygen atoms in total. The van der Waals surface area contributed by atoms with E-state index in [-0.39, 0.29) is 5.91 Å². The first-order chi connectivity index (χ1) is 13.1. The number of aryl methyl sites for hydroxylation is 3. The van der Waals surface area contributed by atoms with Crippen molar-refractivity contribution in [2.45, 2.75) is 32.7 Å². The van der Waals surface area contributed by atoms with Crippen molar-refractivity contribution >= 4 is 5.91 Å². The molecule has 4 rings (SSSR count). The van der Waals surface area contributed by atoms with Gasteiger partial charge in [-0.3, -0.25) is 14.2 Å².